The number of rotatable bonds is 11. The molecule has 3 amide bonds. The van der Waals surface area contributed by atoms with E-state index in [9.17, 15) is 49.5 Å². The number of carbonyl (C=O) groups is 3. The lowest BCUT2D eigenvalue weighted by Crippen LogP contribution is -2.54. The third-order valence-electron chi connectivity index (χ3n) is 7.94. The van der Waals surface area contributed by atoms with Gasteiger partial charge in [0.1, 0.15) is 5.75 Å². The highest BCUT2D eigenvalue weighted by molar-refractivity contribution is 6.05. The Hall–Kier alpha value is -3.17. The van der Waals surface area contributed by atoms with Gasteiger partial charge in [0.15, 0.2) is 5.60 Å². The largest absolute Gasteiger partial charge is 0.476 e. The molecule has 1 aliphatic carbocycles. The molecule has 1 aromatic carbocycles. The number of alkyl halides is 8. The number of ether oxygens (including phenoxy) is 1. The number of benzene rings is 1. The van der Waals surface area contributed by atoms with E-state index in [4.69, 9.17) is 4.74 Å². The van der Waals surface area contributed by atoms with Crippen molar-refractivity contribution in [2.24, 2.45) is 5.92 Å². The lowest BCUT2D eigenvalue weighted by molar-refractivity contribution is -0.138. The van der Waals surface area contributed by atoms with Gasteiger partial charge in [-0.05, 0) is 84.4 Å². The van der Waals surface area contributed by atoms with Crippen molar-refractivity contribution in [2.45, 2.75) is 96.3 Å². The molecule has 1 saturated carbocycles. The molecule has 0 aromatic heterocycles. The number of fused-ring (bicyclic) bond motifs is 1. The molecule has 0 bridgehead atoms. The van der Waals surface area contributed by atoms with Crippen molar-refractivity contribution in [1.82, 2.24) is 15.5 Å². The van der Waals surface area contributed by atoms with Crippen molar-refractivity contribution in [3.63, 3.8) is 0 Å². The second-order valence-corrected chi connectivity index (χ2v) is 12.1. The maximum Gasteiger partial charge on any atom is 0.417 e. The molecular weight excluding hydrogens is 620 g/mol. The van der Waals surface area contributed by atoms with Crippen LogP contribution in [0.4, 0.5) is 40.8 Å². The Labute approximate surface area is 255 Å². The number of amides is 3. The van der Waals surface area contributed by atoms with Crippen molar-refractivity contribution in [2.75, 3.05) is 31.1 Å². The minimum absolute atomic E-state index is 0.0891. The lowest BCUT2D eigenvalue weighted by Gasteiger charge is -2.41. The van der Waals surface area contributed by atoms with Gasteiger partial charge in [-0.15, -0.1) is 0 Å². The van der Waals surface area contributed by atoms with E-state index in [1.165, 1.54) is 18.7 Å². The summed E-state index contributed by atoms with van der Waals surface area (Å²) >= 11 is 0. The lowest BCUT2D eigenvalue weighted by atomic mass is 9.82. The number of carbonyl (C=O) groups excluding carboxylic acids is 3. The summed E-state index contributed by atoms with van der Waals surface area (Å²) in [4.78, 5) is 40.9. The number of halogens is 8. The third kappa shape index (κ3) is 9.19. The molecule has 2 N–H and O–H groups in total. The van der Waals surface area contributed by atoms with E-state index < -0.39 is 78.4 Å². The van der Waals surface area contributed by atoms with E-state index in [-0.39, 0.29) is 30.4 Å². The molecule has 2 aliphatic rings. The van der Waals surface area contributed by atoms with Crippen LogP contribution in [-0.2, 0) is 15.8 Å². The van der Waals surface area contributed by atoms with Crippen LogP contribution in [0.15, 0.2) is 12.1 Å². The minimum Gasteiger partial charge on any atom is -0.476 e. The van der Waals surface area contributed by atoms with Crippen LogP contribution in [0.2, 0.25) is 0 Å². The molecular formula is C29H38F8N4O4. The van der Waals surface area contributed by atoms with Gasteiger partial charge in [-0.3, -0.25) is 14.4 Å². The van der Waals surface area contributed by atoms with Crippen LogP contribution in [0.3, 0.4) is 0 Å². The first-order chi connectivity index (χ1) is 20.7. The third-order valence-corrected chi connectivity index (χ3v) is 7.94. The topological polar surface area (TPSA) is 91.0 Å². The van der Waals surface area contributed by atoms with Crippen molar-refractivity contribution in [3.8, 4) is 5.75 Å². The second kappa shape index (κ2) is 14.1. The number of anilines is 1. The van der Waals surface area contributed by atoms with Crippen LogP contribution in [0.25, 0.3) is 0 Å². The van der Waals surface area contributed by atoms with Gasteiger partial charge in [0.05, 0.1) is 23.4 Å². The number of nitrogens with one attached hydrogen (secondary N) is 2. The normalized spacial score (nSPS) is 20.2. The van der Waals surface area contributed by atoms with Gasteiger partial charge in [-0.25, -0.2) is 0 Å². The highest BCUT2D eigenvalue weighted by atomic mass is 19.4. The zero-order valence-electron chi connectivity index (χ0n) is 25.4. The Bertz CT molecular complexity index is 1230. The number of hydrogen-bond acceptors (Lipinski definition) is 5. The molecule has 0 unspecified atom stereocenters. The molecule has 45 heavy (non-hydrogen) atoms. The van der Waals surface area contributed by atoms with Crippen molar-refractivity contribution in [1.29, 1.82) is 0 Å². The maximum absolute atomic E-state index is 14.4. The van der Waals surface area contributed by atoms with Crippen LogP contribution >= 0.6 is 0 Å². The Morgan fingerprint density at radius 2 is 1.67 bits per heavy atom. The molecule has 1 aromatic rings. The van der Waals surface area contributed by atoms with Crippen LogP contribution in [0.1, 0.15) is 75.7 Å². The Balaban J connectivity index is 1.89. The fraction of sp³-hybridized carbons (Fsp3) is 0.690. The zero-order valence-corrected chi connectivity index (χ0v) is 25.4. The summed E-state index contributed by atoms with van der Waals surface area (Å²) < 4.78 is 111. The molecule has 254 valence electrons. The fourth-order valence-electron chi connectivity index (χ4n) is 5.82. The van der Waals surface area contributed by atoms with Crippen molar-refractivity contribution in [3.05, 3.63) is 23.3 Å². The first kappa shape index (κ1) is 36.3. The van der Waals surface area contributed by atoms with Crippen LogP contribution in [0, 0.1) is 5.92 Å². The molecule has 0 saturated heterocycles. The second-order valence-electron chi connectivity index (χ2n) is 12.1. The number of nitrogens with zero attached hydrogens (tertiary/aromatic N) is 2. The molecule has 16 heteroatoms. The molecule has 0 spiro atoms. The van der Waals surface area contributed by atoms with E-state index in [0.29, 0.717) is 38.2 Å². The summed E-state index contributed by atoms with van der Waals surface area (Å²) in [6.45, 7) is 4.18. The molecule has 3 rings (SSSR count). The van der Waals surface area contributed by atoms with Gasteiger partial charge in [-0.2, -0.15) is 35.1 Å². The van der Waals surface area contributed by atoms with E-state index >= 15 is 0 Å². The van der Waals surface area contributed by atoms with E-state index in [1.54, 1.807) is 13.8 Å². The van der Waals surface area contributed by atoms with Crippen molar-refractivity contribution < 1.29 is 54.2 Å². The smallest absolute Gasteiger partial charge is 0.417 e. The first-order valence-corrected chi connectivity index (χ1v) is 14.6. The van der Waals surface area contributed by atoms with E-state index in [0.717, 1.165) is 11.0 Å². The van der Waals surface area contributed by atoms with Gasteiger partial charge in [0.2, 0.25) is 0 Å². The standard InChI is InChI=1S/C29H38F8N4O4/c1-16(2)41(18-7-5-17(6-8-18)9-10-38-15-28(32,33)34)25(43)19-13-21-22(14-20(19)29(35,36)37)45-27(3,4)26(44)40(21)12-11-39-24(42)23(30)31/h13-14,16-18,23,38H,5-12,15H2,1-4H3,(H,39,42). The van der Waals surface area contributed by atoms with Gasteiger partial charge in [0.25, 0.3) is 17.7 Å². The molecule has 1 aliphatic heterocycles. The van der Waals surface area contributed by atoms with E-state index in [2.05, 4.69) is 5.32 Å². The van der Waals surface area contributed by atoms with Crippen LogP contribution in [-0.4, -0.2) is 79.1 Å². The highest BCUT2D eigenvalue weighted by Crippen LogP contribution is 2.44. The van der Waals surface area contributed by atoms with Gasteiger partial charge >= 0.3 is 18.8 Å². The maximum atomic E-state index is 14.4. The molecule has 0 radical (unpaired) electrons. The van der Waals surface area contributed by atoms with Gasteiger partial charge in [-0.1, -0.05) is 0 Å². The Morgan fingerprint density at radius 1 is 1.04 bits per heavy atom. The molecule has 0 atom stereocenters. The highest BCUT2D eigenvalue weighted by Gasteiger charge is 2.45. The Kier molecular flexibility index (Phi) is 11.4. The molecule has 1 fully saturated rings. The zero-order chi connectivity index (χ0) is 33.9. The average molecular weight is 659 g/mol. The summed E-state index contributed by atoms with van der Waals surface area (Å²) in [6, 6.07) is 0.592. The van der Waals surface area contributed by atoms with Crippen molar-refractivity contribution >= 4 is 23.4 Å². The van der Waals surface area contributed by atoms with Gasteiger partial charge in [0, 0.05) is 25.2 Å². The molecule has 1 heterocycles. The summed E-state index contributed by atoms with van der Waals surface area (Å²) in [5, 5.41) is 4.31. The predicted molar refractivity (Wildman–Crippen MR) is 148 cm³/mol. The summed E-state index contributed by atoms with van der Waals surface area (Å²) in [5.41, 5.74) is -3.83. The summed E-state index contributed by atoms with van der Waals surface area (Å²) in [5.74, 6) is -3.49. The van der Waals surface area contributed by atoms with Crippen LogP contribution < -0.4 is 20.3 Å². The SMILES string of the molecule is CC(C)N(C(=O)c1cc2c(cc1C(F)(F)F)OC(C)(C)C(=O)N2CCNC(=O)C(F)F)C1CCC(CCNCC(F)(F)F)CC1. The first-order valence-electron chi connectivity index (χ1n) is 14.6. The number of hydrogen-bond donors (Lipinski definition) is 2. The van der Waals surface area contributed by atoms with Gasteiger partial charge < -0.3 is 25.2 Å². The van der Waals surface area contributed by atoms with Crippen LogP contribution in [0.5, 0.6) is 5.75 Å². The quantitative estimate of drug-likeness (QED) is 0.241. The summed E-state index contributed by atoms with van der Waals surface area (Å²) in [6.07, 6.45) is -10.1. The fourth-order valence-corrected chi connectivity index (χ4v) is 5.82. The van der Waals surface area contributed by atoms with E-state index in [1.807, 2.05) is 5.32 Å². The minimum atomic E-state index is -4.99. The average Bonchev–Trinajstić information content (AvgIpc) is 2.92. The summed E-state index contributed by atoms with van der Waals surface area (Å²) in [7, 11) is 0. The predicted octanol–water partition coefficient (Wildman–Crippen LogP) is 5.54. The Morgan fingerprint density at radius 3 is 2.20 bits per heavy atom. The monoisotopic (exact) mass is 658 g/mol. The molecule has 8 nitrogen and oxygen atoms in total.